The van der Waals surface area contributed by atoms with Crippen LogP contribution in [0.4, 0.5) is 11.4 Å². The van der Waals surface area contributed by atoms with E-state index in [0.717, 1.165) is 11.4 Å². The highest BCUT2D eigenvalue weighted by molar-refractivity contribution is 5.51. The van der Waals surface area contributed by atoms with Crippen molar-refractivity contribution in [2.24, 2.45) is 0 Å². The van der Waals surface area contributed by atoms with E-state index in [2.05, 4.69) is 60.1 Å². The molecule has 0 heterocycles. The smallest absolute Gasteiger partial charge is 0.146 e. The van der Waals surface area contributed by atoms with Gasteiger partial charge < -0.3 is 0 Å². The molecule has 0 saturated heterocycles. The van der Waals surface area contributed by atoms with Gasteiger partial charge in [0.15, 0.2) is 11.4 Å². The number of nitrogens with zero attached hydrogens (tertiary/aromatic N) is 2. The molecule has 0 saturated carbocycles. The molecule has 0 amide bonds. The van der Waals surface area contributed by atoms with Crippen LogP contribution in [0.15, 0.2) is 24.3 Å². The average Bonchev–Trinajstić information content (AvgIpc) is 2.45. The maximum absolute atomic E-state index is 3.22. The van der Waals surface area contributed by atoms with Crippen LogP contribution in [0.5, 0.6) is 0 Å². The first-order valence-electron chi connectivity index (χ1n) is 6.06. The van der Waals surface area contributed by atoms with Gasteiger partial charge in [-0.05, 0) is 0 Å². The van der Waals surface area contributed by atoms with E-state index in [-0.39, 0.29) is 0 Å². The van der Waals surface area contributed by atoms with Crippen molar-refractivity contribution in [3.63, 3.8) is 0 Å². The number of benzene rings is 1. The molecule has 6 heteroatoms. The van der Waals surface area contributed by atoms with Gasteiger partial charge in [-0.25, -0.2) is 0 Å². The SMILES string of the molecule is CN[N+](C)(NC)c1ccc([N+](C)(NC)NC)cc1. The van der Waals surface area contributed by atoms with Gasteiger partial charge in [0, 0.05) is 52.5 Å². The Morgan fingerprint density at radius 3 is 1.00 bits per heavy atom. The van der Waals surface area contributed by atoms with Gasteiger partial charge in [0.1, 0.15) is 14.1 Å². The van der Waals surface area contributed by atoms with E-state index in [1.807, 2.05) is 28.2 Å². The second-order valence-corrected chi connectivity index (χ2v) is 4.42. The van der Waals surface area contributed by atoms with Crippen molar-refractivity contribution in [2.75, 3.05) is 42.3 Å². The Kier molecular flexibility index (Phi) is 4.80. The topological polar surface area (TPSA) is 48.1 Å². The monoisotopic (exact) mass is 254 g/mol. The summed E-state index contributed by atoms with van der Waals surface area (Å²) in [6.45, 7) is 0. The van der Waals surface area contributed by atoms with Crippen molar-refractivity contribution in [2.45, 2.75) is 0 Å². The molecule has 1 aromatic rings. The molecule has 0 aromatic heterocycles. The van der Waals surface area contributed by atoms with Crippen LogP contribution in [0.3, 0.4) is 0 Å². The number of nitrogens with one attached hydrogen (secondary N) is 4. The molecule has 18 heavy (non-hydrogen) atoms. The molecule has 1 rings (SSSR count). The third-order valence-corrected chi connectivity index (χ3v) is 3.67. The van der Waals surface area contributed by atoms with E-state index in [1.54, 1.807) is 0 Å². The average molecular weight is 254 g/mol. The van der Waals surface area contributed by atoms with E-state index < -0.39 is 0 Å². The number of rotatable bonds is 6. The lowest BCUT2D eigenvalue weighted by Crippen LogP contribution is -2.63. The minimum atomic E-state index is 0.475. The summed E-state index contributed by atoms with van der Waals surface area (Å²) in [7, 11) is 11.8. The van der Waals surface area contributed by atoms with E-state index in [9.17, 15) is 0 Å². The van der Waals surface area contributed by atoms with Crippen molar-refractivity contribution in [3.05, 3.63) is 24.3 Å². The van der Waals surface area contributed by atoms with E-state index >= 15 is 0 Å². The van der Waals surface area contributed by atoms with Gasteiger partial charge in [-0.1, -0.05) is 0 Å². The molecular formula is C12H26N6+2. The Labute approximate surface area is 110 Å². The Bertz CT molecular complexity index is 330. The fraction of sp³-hybridized carbons (Fsp3) is 0.500. The Morgan fingerprint density at radius 1 is 0.611 bits per heavy atom. The first-order chi connectivity index (χ1) is 8.45. The number of hydrogen-bond donors (Lipinski definition) is 4. The highest BCUT2D eigenvalue weighted by atomic mass is 15.8. The molecule has 0 bridgehead atoms. The molecule has 6 nitrogen and oxygen atoms in total. The van der Waals surface area contributed by atoms with E-state index in [0.29, 0.717) is 9.40 Å². The van der Waals surface area contributed by atoms with Gasteiger partial charge >= 0.3 is 0 Å². The standard InChI is InChI=1S/C12H26N6/c1-13-17(5,14-2)11-7-9-12(10-8-11)18(6,15-3)16-4/h7-10,13-16H,1-6H3/q+2. The molecule has 0 atom stereocenters. The quantitative estimate of drug-likeness (QED) is 0.429. The van der Waals surface area contributed by atoms with Crippen molar-refractivity contribution < 1.29 is 0 Å². The van der Waals surface area contributed by atoms with Gasteiger partial charge in [0.2, 0.25) is 0 Å². The molecule has 0 spiro atoms. The molecule has 4 N–H and O–H groups in total. The normalized spacial score (nSPS) is 12.8. The summed E-state index contributed by atoms with van der Waals surface area (Å²) in [5.41, 5.74) is 15.2. The summed E-state index contributed by atoms with van der Waals surface area (Å²) in [5, 5.41) is 0. The van der Waals surface area contributed by atoms with Crippen molar-refractivity contribution in [1.82, 2.24) is 31.1 Å². The summed E-state index contributed by atoms with van der Waals surface area (Å²) < 4.78 is 0.951. The molecule has 0 fully saturated rings. The number of hydrogen-bond acceptors (Lipinski definition) is 4. The van der Waals surface area contributed by atoms with Crippen LogP contribution in [-0.4, -0.2) is 42.3 Å². The molecular weight excluding hydrogens is 228 g/mol. The van der Waals surface area contributed by atoms with Crippen LogP contribution in [0.1, 0.15) is 0 Å². The molecule has 102 valence electrons. The molecule has 0 radical (unpaired) electrons. The van der Waals surface area contributed by atoms with Gasteiger partial charge in [-0.15, -0.1) is 31.1 Å². The Morgan fingerprint density at radius 2 is 0.833 bits per heavy atom. The first kappa shape index (κ1) is 15.0. The van der Waals surface area contributed by atoms with Crippen molar-refractivity contribution in [1.29, 1.82) is 0 Å². The lowest BCUT2D eigenvalue weighted by Gasteiger charge is -2.32. The highest BCUT2D eigenvalue weighted by Crippen LogP contribution is 2.22. The fourth-order valence-corrected chi connectivity index (χ4v) is 1.79. The molecule has 1 aromatic carbocycles. The minimum absolute atomic E-state index is 0.475. The van der Waals surface area contributed by atoms with Crippen LogP contribution in [0.2, 0.25) is 0 Å². The van der Waals surface area contributed by atoms with E-state index in [4.69, 9.17) is 0 Å². The Balaban J connectivity index is 3.06. The molecule has 0 aliphatic heterocycles. The molecule has 0 aliphatic rings. The second kappa shape index (κ2) is 5.75. The summed E-state index contributed by atoms with van der Waals surface area (Å²) >= 11 is 0. The molecule has 0 unspecified atom stereocenters. The van der Waals surface area contributed by atoms with Gasteiger partial charge in [-0.3, -0.25) is 0 Å². The van der Waals surface area contributed by atoms with Crippen LogP contribution in [0, 0.1) is 0 Å². The highest BCUT2D eigenvalue weighted by Gasteiger charge is 2.25. The zero-order valence-electron chi connectivity index (χ0n) is 12.2. The van der Waals surface area contributed by atoms with Gasteiger partial charge in [0.05, 0.1) is 0 Å². The van der Waals surface area contributed by atoms with E-state index in [1.165, 1.54) is 0 Å². The van der Waals surface area contributed by atoms with Crippen molar-refractivity contribution in [3.8, 4) is 0 Å². The zero-order chi connectivity index (χ0) is 13.8. The fourth-order valence-electron chi connectivity index (χ4n) is 1.79. The van der Waals surface area contributed by atoms with Gasteiger partial charge in [0.25, 0.3) is 0 Å². The third-order valence-electron chi connectivity index (χ3n) is 3.67. The first-order valence-corrected chi connectivity index (χ1v) is 6.06. The predicted octanol–water partition coefficient (Wildman–Crippen LogP) is 0.0984. The lowest BCUT2D eigenvalue weighted by molar-refractivity contribution is 0.189. The summed E-state index contributed by atoms with van der Waals surface area (Å²) in [5.74, 6) is 0. The Hall–Kier alpha value is -1.02. The maximum Gasteiger partial charge on any atom is 0.172 e. The summed E-state index contributed by atoms with van der Waals surface area (Å²) in [6.07, 6.45) is 0. The predicted molar refractivity (Wildman–Crippen MR) is 78.1 cm³/mol. The minimum Gasteiger partial charge on any atom is -0.146 e. The van der Waals surface area contributed by atoms with Gasteiger partial charge in [-0.2, -0.15) is 0 Å². The lowest BCUT2D eigenvalue weighted by atomic mass is 10.2. The van der Waals surface area contributed by atoms with Crippen LogP contribution in [-0.2, 0) is 0 Å². The van der Waals surface area contributed by atoms with Crippen LogP contribution < -0.4 is 31.1 Å². The van der Waals surface area contributed by atoms with Crippen LogP contribution in [0.25, 0.3) is 0 Å². The molecule has 0 aliphatic carbocycles. The third kappa shape index (κ3) is 2.69. The van der Waals surface area contributed by atoms with Crippen LogP contribution >= 0.6 is 0 Å². The van der Waals surface area contributed by atoms with Crippen molar-refractivity contribution >= 4 is 11.4 Å². The summed E-state index contributed by atoms with van der Waals surface area (Å²) in [4.78, 5) is 0. The number of quaternary nitrogens is 2. The maximum atomic E-state index is 3.22. The largest absolute Gasteiger partial charge is 0.172 e. The zero-order valence-corrected chi connectivity index (χ0v) is 12.2. The summed E-state index contributed by atoms with van der Waals surface area (Å²) in [6, 6.07) is 8.42. The second-order valence-electron chi connectivity index (χ2n) is 4.42.